The number of nitrogens with one attached hydrogen (secondary N) is 1. The van der Waals surface area contributed by atoms with Crippen LogP contribution in [0.4, 0.5) is 10.2 Å². The van der Waals surface area contributed by atoms with Crippen LogP contribution in [-0.2, 0) is 9.53 Å². The fourth-order valence-electron chi connectivity index (χ4n) is 1.87. The predicted octanol–water partition coefficient (Wildman–Crippen LogP) is 1.86. The van der Waals surface area contributed by atoms with E-state index in [1.165, 1.54) is 37.4 Å². The van der Waals surface area contributed by atoms with Crippen LogP contribution < -0.4 is 5.32 Å². The van der Waals surface area contributed by atoms with Crippen molar-refractivity contribution in [3.05, 3.63) is 53.5 Å². The first-order valence-corrected chi connectivity index (χ1v) is 6.45. The summed E-state index contributed by atoms with van der Waals surface area (Å²) in [5.41, 5.74) is 0.830. The van der Waals surface area contributed by atoms with Gasteiger partial charge in [-0.3, -0.25) is 4.79 Å². The maximum atomic E-state index is 13.0. The van der Waals surface area contributed by atoms with Crippen LogP contribution in [0, 0.1) is 17.1 Å². The number of aromatic nitrogens is 2. The molecule has 1 unspecified atom stereocenters. The van der Waals surface area contributed by atoms with Gasteiger partial charge in [0.2, 0.25) is 0 Å². The number of nitriles is 1. The molecule has 0 radical (unpaired) electrons. The quantitative estimate of drug-likeness (QED) is 0.848. The summed E-state index contributed by atoms with van der Waals surface area (Å²) >= 11 is 0. The first kappa shape index (κ1) is 15.4. The largest absolute Gasteiger partial charge is 0.468 e. The van der Waals surface area contributed by atoms with Crippen LogP contribution >= 0.6 is 0 Å². The molecule has 1 atom stereocenters. The highest BCUT2D eigenvalue weighted by Gasteiger charge is 2.21. The van der Waals surface area contributed by atoms with Crippen molar-refractivity contribution in [1.29, 1.82) is 5.26 Å². The fraction of sp³-hybridized carbons (Fsp3) is 0.200. The van der Waals surface area contributed by atoms with E-state index in [4.69, 9.17) is 10.00 Å². The molecule has 1 aromatic heterocycles. The lowest BCUT2D eigenvalue weighted by Crippen LogP contribution is -2.23. The van der Waals surface area contributed by atoms with Crippen LogP contribution in [0.1, 0.15) is 17.2 Å². The zero-order chi connectivity index (χ0) is 15.9. The topological polar surface area (TPSA) is 87.9 Å². The van der Waals surface area contributed by atoms with Gasteiger partial charge in [-0.1, -0.05) is 12.1 Å². The minimum absolute atomic E-state index is 0.202. The summed E-state index contributed by atoms with van der Waals surface area (Å²) < 4.78 is 17.7. The third-order valence-electron chi connectivity index (χ3n) is 3.02. The number of hydrogen-bond donors (Lipinski definition) is 1. The maximum Gasteiger partial charge on any atom is 0.314 e. The highest BCUT2D eigenvalue weighted by molar-refractivity contribution is 5.78. The third-order valence-corrected chi connectivity index (χ3v) is 3.02. The van der Waals surface area contributed by atoms with E-state index in [9.17, 15) is 9.18 Å². The van der Waals surface area contributed by atoms with Gasteiger partial charge in [0.05, 0.1) is 13.0 Å². The summed E-state index contributed by atoms with van der Waals surface area (Å²) in [6.45, 7) is 0.207. The monoisotopic (exact) mass is 300 g/mol. The van der Waals surface area contributed by atoms with Crippen LogP contribution in [0.2, 0.25) is 0 Å². The van der Waals surface area contributed by atoms with Gasteiger partial charge in [0.15, 0.2) is 5.69 Å². The van der Waals surface area contributed by atoms with E-state index < -0.39 is 11.9 Å². The van der Waals surface area contributed by atoms with E-state index in [2.05, 4.69) is 15.5 Å². The molecular weight excluding hydrogens is 287 g/mol. The Kier molecular flexibility index (Phi) is 4.98. The normalized spacial score (nSPS) is 11.3. The Balaban J connectivity index is 2.11. The van der Waals surface area contributed by atoms with Crippen LogP contribution in [0.15, 0.2) is 36.4 Å². The van der Waals surface area contributed by atoms with Crippen molar-refractivity contribution in [2.75, 3.05) is 19.0 Å². The number of nitrogens with zero attached hydrogens (tertiary/aromatic N) is 3. The summed E-state index contributed by atoms with van der Waals surface area (Å²) in [6.07, 6.45) is 0. The van der Waals surface area contributed by atoms with Crippen molar-refractivity contribution in [3.63, 3.8) is 0 Å². The second kappa shape index (κ2) is 7.13. The van der Waals surface area contributed by atoms with Crippen molar-refractivity contribution in [2.45, 2.75) is 5.92 Å². The molecule has 2 aromatic rings. The molecule has 0 aliphatic carbocycles. The first-order chi connectivity index (χ1) is 10.6. The number of halogens is 1. The molecule has 112 valence electrons. The van der Waals surface area contributed by atoms with Crippen LogP contribution in [0.25, 0.3) is 0 Å². The minimum Gasteiger partial charge on any atom is -0.468 e. The average Bonchev–Trinajstić information content (AvgIpc) is 2.56. The summed E-state index contributed by atoms with van der Waals surface area (Å²) in [5.74, 6) is -1.00. The van der Waals surface area contributed by atoms with Gasteiger partial charge in [0, 0.05) is 6.54 Å². The molecule has 0 amide bonds. The van der Waals surface area contributed by atoms with Crippen molar-refractivity contribution >= 4 is 11.8 Å². The molecule has 0 spiro atoms. The standard InChI is InChI=1S/C15H13FN4O2/c1-22-15(21)13(10-2-4-11(16)5-3-10)9-18-14-7-6-12(8-17)19-20-14/h2-7,13H,9H2,1H3,(H,18,20). The molecule has 0 aliphatic rings. The molecule has 0 saturated carbocycles. The number of anilines is 1. The van der Waals surface area contributed by atoms with E-state index in [-0.39, 0.29) is 18.1 Å². The zero-order valence-corrected chi connectivity index (χ0v) is 11.8. The van der Waals surface area contributed by atoms with E-state index in [1.807, 2.05) is 6.07 Å². The highest BCUT2D eigenvalue weighted by atomic mass is 19.1. The van der Waals surface area contributed by atoms with Crippen molar-refractivity contribution in [2.24, 2.45) is 0 Å². The predicted molar refractivity (Wildman–Crippen MR) is 76.4 cm³/mol. The van der Waals surface area contributed by atoms with Gasteiger partial charge in [-0.15, -0.1) is 10.2 Å². The van der Waals surface area contributed by atoms with E-state index in [0.29, 0.717) is 11.4 Å². The Morgan fingerprint density at radius 3 is 2.59 bits per heavy atom. The van der Waals surface area contributed by atoms with Gasteiger partial charge >= 0.3 is 5.97 Å². The Morgan fingerprint density at radius 1 is 1.32 bits per heavy atom. The summed E-state index contributed by atoms with van der Waals surface area (Å²) in [6, 6.07) is 10.6. The molecule has 2 rings (SSSR count). The van der Waals surface area contributed by atoms with Crippen LogP contribution in [0.3, 0.4) is 0 Å². The van der Waals surface area contributed by atoms with E-state index in [0.717, 1.165) is 0 Å². The second-order valence-electron chi connectivity index (χ2n) is 4.42. The smallest absolute Gasteiger partial charge is 0.314 e. The number of methoxy groups -OCH3 is 1. The molecule has 1 N–H and O–H groups in total. The third kappa shape index (κ3) is 3.76. The number of carbonyl (C=O) groups excluding carboxylic acids is 1. The maximum absolute atomic E-state index is 13.0. The number of ether oxygens (including phenoxy) is 1. The zero-order valence-electron chi connectivity index (χ0n) is 11.8. The van der Waals surface area contributed by atoms with Gasteiger partial charge in [-0.2, -0.15) is 5.26 Å². The van der Waals surface area contributed by atoms with Gasteiger partial charge < -0.3 is 10.1 Å². The van der Waals surface area contributed by atoms with Crippen molar-refractivity contribution < 1.29 is 13.9 Å². The Morgan fingerprint density at radius 2 is 2.05 bits per heavy atom. The minimum atomic E-state index is -0.608. The molecular formula is C15H13FN4O2. The molecule has 0 bridgehead atoms. The number of esters is 1. The summed E-state index contributed by atoms with van der Waals surface area (Å²) in [7, 11) is 1.29. The summed E-state index contributed by atoms with van der Waals surface area (Å²) in [4.78, 5) is 11.9. The van der Waals surface area contributed by atoms with Gasteiger partial charge in [-0.05, 0) is 29.8 Å². The number of rotatable bonds is 5. The lowest BCUT2D eigenvalue weighted by atomic mass is 9.99. The highest BCUT2D eigenvalue weighted by Crippen LogP contribution is 2.18. The molecule has 6 nitrogen and oxygen atoms in total. The van der Waals surface area contributed by atoms with Crippen molar-refractivity contribution in [1.82, 2.24) is 10.2 Å². The molecule has 1 heterocycles. The number of hydrogen-bond acceptors (Lipinski definition) is 6. The molecule has 0 aliphatic heterocycles. The second-order valence-corrected chi connectivity index (χ2v) is 4.42. The molecule has 0 saturated heterocycles. The first-order valence-electron chi connectivity index (χ1n) is 6.45. The van der Waals surface area contributed by atoms with Crippen LogP contribution in [-0.4, -0.2) is 29.8 Å². The van der Waals surface area contributed by atoms with Gasteiger partial charge in [0.25, 0.3) is 0 Å². The molecule has 22 heavy (non-hydrogen) atoms. The van der Waals surface area contributed by atoms with Crippen LogP contribution in [0.5, 0.6) is 0 Å². The van der Waals surface area contributed by atoms with E-state index >= 15 is 0 Å². The SMILES string of the molecule is COC(=O)C(CNc1ccc(C#N)nn1)c1ccc(F)cc1. The lowest BCUT2D eigenvalue weighted by molar-refractivity contribution is -0.142. The molecule has 7 heteroatoms. The van der Waals surface area contributed by atoms with Gasteiger partial charge in [-0.25, -0.2) is 4.39 Å². The summed E-state index contributed by atoms with van der Waals surface area (Å²) in [5, 5.41) is 19.1. The van der Waals surface area contributed by atoms with Gasteiger partial charge in [0.1, 0.15) is 17.7 Å². The fourth-order valence-corrected chi connectivity index (χ4v) is 1.87. The Labute approximate surface area is 126 Å². The van der Waals surface area contributed by atoms with Crippen molar-refractivity contribution in [3.8, 4) is 6.07 Å². The average molecular weight is 300 g/mol. The number of carbonyl (C=O) groups is 1. The Hall–Kier alpha value is -3.01. The number of benzene rings is 1. The van der Waals surface area contributed by atoms with E-state index in [1.54, 1.807) is 6.07 Å². The Bertz CT molecular complexity index is 680. The molecule has 0 fully saturated rings. The lowest BCUT2D eigenvalue weighted by Gasteiger charge is -2.16. The molecule has 1 aromatic carbocycles.